The van der Waals surface area contributed by atoms with E-state index in [-0.39, 0.29) is 6.04 Å². The highest BCUT2D eigenvalue weighted by Crippen LogP contribution is 2.24. The molecule has 5 N–H and O–H groups in total. The Labute approximate surface area is 107 Å². The summed E-state index contributed by atoms with van der Waals surface area (Å²) in [6.45, 7) is 2.47. The van der Waals surface area contributed by atoms with Crippen molar-refractivity contribution < 1.29 is 4.79 Å². The number of carbonyl (C=O) groups is 1. The summed E-state index contributed by atoms with van der Waals surface area (Å²) in [6, 6.07) is 1.89. The van der Waals surface area contributed by atoms with E-state index in [4.69, 9.17) is 11.5 Å². The molecule has 1 aromatic rings. The summed E-state index contributed by atoms with van der Waals surface area (Å²) in [5, 5.41) is 3.11. The van der Waals surface area contributed by atoms with E-state index in [1.807, 2.05) is 13.0 Å². The van der Waals surface area contributed by atoms with Crippen LogP contribution >= 0.6 is 0 Å². The second-order valence-corrected chi connectivity index (χ2v) is 4.92. The number of carbonyl (C=O) groups excluding carboxylic acids is 1. The van der Waals surface area contributed by atoms with Crippen LogP contribution in [0, 0.1) is 0 Å². The summed E-state index contributed by atoms with van der Waals surface area (Å²) in [6.07, 6.45) is 4.26. The molecule has 1 heterocycles. The molecule has 0 aliphatic heterocycles. The van der Waals surface area contributed by atoms with Crippen LogP contribution < -0.4 is 16.8 Å². The molecule has 98 valence electrons. The number of nitrogens with two attached hydrogens (primary N) is 2. The van der Waals surface area contributed by atoms with Gasteiger partial charge in [0.05, 0.1) is 5.56 Å². The maximum atomic E-state index is 11.5. The smallest absolute Gasteiger partial charge is 0.252 e. The van der Waals surface area contributed by atoms with Crippen molar-refractivity contribution in [1.82, 2.24) is 4.98 Å². The Hall–Kier alpha value is -1.62. The lowest BCUT2D eigenvalue weighted by Crippen LogP contribution is -2.27. The van der Waals surface area contributed by atoms with Crippen molar-refractivity contribution in [1.29, 1.82) is 0 Å². The molecule has 1 atom stereocenters. The number of rotatable bonds is 4. The molecule has 0 radical (unpaired) electrons. The monoisotopic (exact) mass is 248 g/mol. The first-order valence-corrected chi connectivity index (χ1v) is 6.40. The van der Waals surface area contributed by atoms with E-state index in [1.54, 1.807) is 0 Å². The third-order valence-corrected chi connectivity index (χ3v) is 3.16. The van der Waals surface area contributed by atoms with E-state index in [0.717, 1.165) is 36.9 Å². The van der Waals surface area contributed by atoms with Crippen LogP contribution in [0.15, 0.2) is 6.07 Å². The zero-order valence-corrected chi connectivity index (χ0v) is 10.7. The van der Waals surface area contributed by atoms with Crippen LogP contribution in [-0.2, 0) is 12.8 Å². The van der Waals surface area contributed by atoms with Crippen LogP contribution in [0.3, 0.4) is 0 Å². The van der Waals surface area contributed by atoms with Gasteiger partial charge < -0.3 is 16.8 Å². The molecule has 0 aromatic carbocycles. The number of nitrogens with zero attached hydrogens (tertiary/aromatic N) is 1. The fourth-order valence-electron chi connectivity index (χ4n) is 2.21. The molecule has 0 bridgehead atoms. The van der Waals surface area contributed by atoms with E-state index < -0.39 is 5.91 Å². The lowest BCUT2D eigenvalue weighted by molar-refractivity contribution is 0.100. The highest BCUT2D eigenvalue weighted by Gasteiger charge is 2.17. The number of primary amides is 1. The van der Waals surface area contributed by atoms with Crippen molar-refractivity contribution in [3.63, 3.8) is 0 Å². The Morgan fingerprint density at radius 1 is 1.50 bits per heavy atom. The standard InChI is InChI=1S/C13H20N4O/c1-8(14)7-16-13-10(12(15)18)6-9-4-2-3-5-11(9)17-13/h6,8H,2-5,7,14H2,1H3,(H2,15,18)(H,16,17). The van der Waals surface area contributed by atoms with Gasteiger partial charge in [-0.25, -0.2) is 4.98 Å². The van der Waals surface area contributed by atoms with Crippen LogP contribution in [0.1, 0.15) is 41.4 Å². The summed E-state index contributed by atoms with van der Waals surface area (Å²) in [7, 11) is 0. The highest BCUT2D eigenvalue weighted by molar-refractivity contribution is 5.97. The lowest BCUT2D eigenvalue weighted by atomic mass is 9.94. The zero-order chi connectivity index (χ0) is 13.1. The van der Waals surface area contributed by atoms with Crippen LogP contribution in [0.2, 0.25) is 0 Å². The number of pyridine rings is 1. The number of aromatic nitrogens is 1. The predicted octanol–water partition coefficient (Wildman–Crippen LogP) is 0.818. The predicted molar refractivity (Wildman–Crippen MR) is 71.5 cm³/mol. The number of anilines is 1. The Balaban J connectivity index is 2.33. The third kappa shape index (κ3) is 2.79. The van der Waals surface area contributed by atoms with Crippen molar-refractivity contribution in [3.05, 3.63) is 22.9 Å². The molecule has 0 saturated heterocycles. The maximum Gasteiger partial charge on any atom is 0.252 e. The average Bonchev–Trinajstić information content (AvgIpc) is 2.35. The molecule has 0 spiro atoms. The normalized spacial score (nSPS) is 15.9. The molecule has 2 rings (SSSR count). The van der Waals surface area contributed by atoms with E-state index in [9.17, 15) is 4.79 Å². The molecular formula is C13H20N4O. The molecule has 5 heteroatoms. The fourth-order valence-corrected chi connectivity index (χ4v) is 2.21. The second-order valence-electron chi connectivity index (χ2n) is 4.92. The number of aryl methyl sites for hydroxylation is 2. The minimum atomic E-state index is -0.442. The Morgan fingerprint density at radius 2 is 2.22 bits per heavy atom. The number of hydrogen-bond acceptors (Lipinski definition) is 4. The largest absolute Gasteiger partial charge is 0.368 e. The van der Waals surface area contributed by atoms with Gasteiger partial charge in [-0.15, -0.1) is 0 Å². The SMILES string of the molecule is CC(N)CNc1nc2c(cc1C(N)=O)CCCC2. The number of hydrogen-bond donors (Lipinski definition) is 3. The molecular weight excluding hydrogens is 228 g/mol. The molecule has 0 saturated carbocycles. The summed E-state index contributed by atoms with van der Waals surface area (Å²) >= 11 is 0. The van der Waals surface area contributed by atoms with E-state index in [2.05, 4.69) is 10.3 Å². The molecule has 1 aliphatic rings. The van der Waals surface area contributed by atoms with Gasteiger partial charge in [-0.2, -0.15) is 0 Å². The topological polar surface area (TPSA) is 94.0 Å². The maximum absolute atomic E-state index is 11.5. The van der Waals surface area contributed by atoms with Crippen LogP contribution in [0.5, 0.6) is 0 Å². The van der Waals surface area contributed by atoms with Crippen molar-refractivity contribution in [2.45, 2.75) is 38.6 Å². The second kappa shape index (κ2) is 5.35. The van der Waals surface area contributed by atoms with Gasteiger partial charge in [0.1, 0.15) is 5.82 Å². The average molecular weight is 248 g/mol. The van der Waals surface area contributed by atoms with Crippen LogP contribution in [0.4, 0.5) is 5.82 Å². The molecule has 18 heavy (non-hydrogen) atoms. The van der Waals surface area contributed by atoms with Gasteiger partial charge in [-0.3, -0.25) is 4.79 Å². The number of nitrogens with one attached hydrogen (secondary N) is 1. The number of amides is 1. The minimum absolute atomic E-state index is 0.00330. The molecule has 1 amide bonds. The van der Waals surface area contributed by atoms with Crippen molar-refractivity contribution in [3.8, 4) is 0 Å². The third-order valence-electron chi connectivity index (χ3n) is 3.16. The first-order valence-electron chi connectivity index (χ1n) is 6.40. The van der Waals surface area contributed by atoms with Gasteiger partial charge in [0.15, 0.2) is 0 Å². The molecule has 1 aliphatic carbocycles. The van der Waals surface area contributed by atoms with Gasteiger partial charge in [-0.1, -0.05) is 0 Å². The Morgan fingerprint density at radius 3 is 2.89 bits per heavy atom. The quantitative estimate of drug-likeness (QED) is 0.735. The van der Waals surface area contributed by atoms with Gasteiger partial charge in [0.2, 0.25) is 0 Å². The summed E-state index contributed by atoms with van der Waals surface area (Å²) in [5.74, 6) is 0.128. The summed E-state index contributed by atoms with van der Waals surface area (Å²) in [5.41, 5.74) is 13.8. The van der Waals surface area contributed by atoms with Crippen molar-refractivity contribution in [2.24, 2.45) is 11.5 Å². The van der Waals surface area contributed by atoms with E-state index >= 15 is 0 Å². The Kier molecular flexibility index (Phi) is 3.81. The molecule has 1 unspecified atom stereocenters. The van der Waals surface area contributed by atoms with Gasteiger partial charge in [0.25, 0.3) is 5.91 Å². The van der Waals surface area contributed by atoms with Crippen LogP contribution in [-0.4, -0.2) is 23.5 Å². The van der Waals surface area contributed by atoms with E-state index in [0.29, 0.717) is 17.9 Å². The molecule has 1 aromatic heterocycles. The van der Waals surface area contributed by atoms with Crippen molar-refractivity contribution in [2.75, 3.05) is 11.9 Å². The van der Waals surface area contributed by atoms with E-state index in [1.165, 1.54) is 0 Å². The summed E-state index contributed by atoms with van der Waals surface area (Å²) in [4.78, 5) is 16.0. The van der Waals surface area contributed by atoms with Gasteiger partial charge in [-0.05, 0) is 44.2 Å². The minimum Gasteiger partial charge on any atom is -0.368 e. The fraction of sp³-hybridized carbons (Fsp3) is 0.538. The van der Waals surface area contributed by atoms with Crippen LogP contribution in [0.25, 0.3) is 0 Å². The van der Waals surface area contributed by atoms with Gasteiger partial charge >= 0.3 is 0 Å². The highest BCUT2D eigenvalue weighted by atomic mass is 16.1. The first kappa shape index (κ1) is 12.8. The van der Waals surface area contributed by atoms with Crippen molar-refractivity contribution >= 4 is 11.7 Å². The lowest BCUT2D eigenvalue weighted by Gasteiger charge is -2.19. The molecule has 0 fully saturated rings. The zero-order valence-electron chi connectivity index (χ0n) is 10.7. The summed E-state index contributed by atoms with van der Waals surface area (Å²) < 4.78 is 0. The molecule has 5 nitrogen and oxygen atoms in total. The number of fused-ring (bicyclic) bond motifs is 1. The first-order chi connectivity index (χ1) is 8.58. The Bertz CT molecular complexity index is 457. The van der Waals surface area contributed by atoms with Gasteiger partial charge in [0, 0.05) is 18.3 Å².